The molecule has 1 aliphatic rings. The second-order valence-electron chi connectivity index (χ2n) is 10.7. The molecule has 4 heteroatoms. The van der Waals surface area contributed by atoms with Gasteiger partial charge in [-0.25, -0.2) is 15.0 Å². The maximum absolute atomic E-state index is 5.02. The van der Waals surface area contributed by atoms with Gasteiger partial charge in [0.1, 0.15) is 0 Å². The van der Waals surface area contributed by atoms with E-state index in [1.54, 1.807) is 0 Å². The van der Waals surface area contributed by atoms with Gasteiger partial charge in [0.25, 0.3) is 0 Å². The predicted molar refractivity (Wildman–Crippen MR) is 172 cm³/mol. The molecule has 0 saturated heterocycles. The summed E-state index contributed by atoms with van der Waals surface area (Å²) in [6.07, 6.45) is 9.38. The highest BCUT2D eigenvalue weighted by Gasteiger charge is 2.18. The van der Waals surface area contributed by atoms with Crippen molar-refractivity contribution in [1.82, 2.24) is 19.9 Å². The van der Waals surface area contributed by atoms with Crippen molar-refractivity contribution in [3.05, 3.63) is 151 Å². The van der Waals surface area contributed by atoms with Crippen molar-refractivity contribution in [1.29, 1.82) is 0 Å². The van der Waals surface area contributed by atoms with Crippen molar-refractivity contribution in [2.75, 3.05) is 0 Å². The topological polar surface area (TPSA) is 51.6 Å². The summed E-state index contributed by atoms with van der Waals surface area (Å²) in [6, 6.07) is 40.0. The van der Waals surface area contributed by atoms with Crippen molar-refractivity contribution in [2.24, 2.45) is 0 Å². The Morgan fingerprint density at radius 1 is 0.524 bits per heavy atom. The molecule has 0 amide bonds. The minimum absolute atomic E-state index is 0.245. The first-order chi connectivity index (χ1) is 20.8. The molecule has 0 spiro atoms. The molecule has 2 aromatic heterocycles. The van der Waals surface area contributed by atoms with Crippen molar-refractivity contribution < 1.29 is 0 Å². The lowest BCUT2D eigenvalue weighted by molar-refractivity contribution is 0.859. The second-order valence-corrected chi connectivity index (χ2v) is 10.7. The second kappa shape index (κ2) is 10.2. The first-order valence-corrected chi connectivity index (χ1v) is 14.3. The standard InChI is InChI=1S/C38H26N4/c1-3-9-30-23-32(20-14-25(30)7-1)37-40-36(41-38(42-37)33-21-15-26-8-2-4-10-31(26)24-33)29-18-16-27(17-19-29)34-13-5-11-28-12-6-22-39-35(28)34/h1-16,18-24,27H,17H2. The lowest BCUT2D eigenvalue weighted by Crippen LogP contribution is -2.05. The Morgan fingerprint density at radius 3 is 1.76 bits per heavy atom. The van der Waals surface area contributed by atoms with E-state index < -0.39 is 0 Å². The Hall–Kier alpha value is -5.48. The molecule has 0 saturated carbocycles. The molecule has 2 heterocycles. The number of nitrogens with zero attached hydrogens (tertiary/aromatic N) is 4. The van der Waals surface area contributed by atoms with Crippen LogP contribution < -0.4 is 0 Å². The first kappa shape index (κ1) is 24.3. The van der Waals surface area contributed by atoms with E-state index in [2.05, 4.69) is 132 Å². The van der Waals surface area contributed by atoms with Crippen LogP contribution in [0.3, 0.4) is 0 Å². The molecule has 1 unspecified atom stereocenters. The van der Waals surface area contributed by atoms with E-state index in [-0.39, 0.29) is 5.92 Å². The molecule has 4 nitrogen and oxygen atoms in total. The number of pyridine rings is 1. The largest absolute Gasteiger partial charge is 0.256 e. The zero-order valence-electron chi connectivity index (χ0n) is 22.9. The molecule has 7 aromatic rings. The molecule has 1 atom stereocenters. The quantitative estimate of drug-likeness (QED) is 0.224. The Bertz CT molecular complexity index is 2090. The summed E-state index contributed by atoms with van der Waals surface area (Å²) < 4.78 is 0. The molecule has 8 rings (SSSR count). The fourth-order valence-electron chi connectivity index (χ4n) is 5.86. The van der Waals surface area contributed by atoms with Gasteiger partial charge in [-0.1, -0.05) is 115 Å². The van der Waals surface area contributed by atoms with E-state index in [4.69, 9.17) is 15.0 Å². The van der Waals surface area contributed by atoms with Gasteiger partial charge >= 0.3 is 0 Å². The van der Waals surface area contributed by atoms with Crippen LogP contribution in [0, 0.1) is 0 Å². The van der Waals surface area contributed by atoms with Gasteiger partial charge in [-0.2, -0.15) is 0 Å². The summed E-state index contributed by atoms with van der Waals surface area (Å²) in [6.45, 7) is 0. The highest BCUT2D eigenvalue weighted by Crippen LogP contribution is 2.34. The van der Waals surface area contributed by atoms with Crippen LogP contribution in [0.4, 0.5) is 0 Å². The normalized spacial score (nSPS) is 14.9. The number of aromatic nitrogens is 4. The van der Waals surface area contributed by atoms with Gasteiger partial charge in [-0.3, -0.25) is 4.98 Å². The minimum atomic E-state index is 0.245. The van der Waals surface area contributed by atoms with Crippen LogP contribution in [0.25, 0.3) is 60.8 Å². The van der Waals surface area contributed by atoms with Crippen LogP contribution in [-0.2, 0) is 0 Å². The molecule has 42 heavy (non-hydrogen) atoms. The lowest BCUT2D eigenvalue weighted by atomic mass is 9.88. The van der Waals surface area contributed by atoms with E-state index in [1.165, 1.54) is 16.3 Å². The number of hydrogen-bond donors (Lipinski definition) is 0. The molecule has 5 aromatic carbocycles. The van der Waals surface area contributed by atoms with Crippen LogP contribution in [0.5, 0.6) is 0 Å². The number of allylic oxidation sites excluding steroid dienone is 4. The average molecular weight is 539 g/mol. The molecule has 0 aliphatic heterocycles. The molecular formula is C38H26N4. The van der Waals surface area contributed by atoms with E-state index in [9.17, 15) is 0 Å². The number of hydrogen-bond acceptors (Lipinski definition) is 4. The van der Waals surface area contributed by atoms with Crippen LogP contribution in [0.15, 0.2) is 140 Å². The zero-order valence-corrected chi connectivity index (χ0v) is 22.9. The van der Waals surface area contributed by atoms with E-state index in [1.807, 2.05) is 12.3 Å². The fraction of sp³-hybridized carbons (Fsp3) is 0.0526. The monoisotopic (exact) mass is 538 g/mol. The van der Waals surface area contributed by atoms with Crippen LogP contribution in [-0.4, -0.2) is 19.9 Å². The van der Waals surface area contributed by atoms with Gasteiger partial charge in [0, 0.05) is 34.2 Å². The number of fused-ring (bicyclic) bond motifs is 3. The third-order valence-corrected chi connectivity index (χ3v) is 8.07. The summed E-state index contributed by atoms with van der Waals surface area (Å²) in [5.74, 6) is 2.27. The van der Waals surface area contributed by atoms with Crippen LogP contribution in [0.2, 0.25) is 0 Å². The van der Waals surface area contributed by atoms with Crippen molar-refractivity contribution >= 4 is 38.0 Å². The number of rotatable bonds is 4. The van der Waals surface area contributed by atoms with Crippen molar-refractivity contribution in [3.63, 3.8) is 0 Å². The van der Waals surface area contributed by atoms with Gasteiger partial charge in [-0.05, 0) is 51.7 Å². The van der Waals surface area contributed by atoms with E-state index in [0.29, 0.717) is 17.5 Å². The molecular weight excluding hydrogens is 512 g/mol. The minimum Gasteiger partial charge on any atom is -0.256 e. The first-order valence-electron chi connectivity index (χ1n) is 14.3. The Balaban J connectivity index is 1.22. The maximum atomic E-state index is 5.02. The summed E-state index contributed by atoms with van der Waals surface area (Å²) in [5, 5.41) is 5.87. The maximum Gasteiger partial charge on any atom is 0.164 e. The lowest BCUT2D eigenvalue weighted by Gasteiger charge is -2.18. The summed E-state index contributed by atoms with van der Waals surface area (Å²) in [4.78, 5) is 19.7. The highest BCUT2D eigenvalue weighted by molar-refractivity contribution is 5.88. The van der Waals surface area contributed by atoms with Gasteiger partial charge in [0.2, 0.25) is 0 Å². The van der Waals surface area contributed by atoms with E-state index in [0.717, 1.165) is 44.8 Å². The third-order valence-electron chi connectivity index (χ3n) is 8.07. The Labute approximate surface area is 243 Å². The fourth-order valence-corrected chi connectivity index (χ4v) is 5.86. The van der Waals surface area contributed by atoms with Gasteiger partial charge < -0.3 is 0 Å². The third kappa shape index (κ3) is 4.43. The summed E-state index contributed by atoms with van der Waals surface area (Å²) in [7, 11) is 0. The van der Waals surface area contributed by atoms with Crippen molar-refractivity contribution in [2.45, 2.75) is 12.3 Å². The number of benzene rings is 5. The smallest absolute Gasteiger partial charge is 0.164 e. The van der Waals surface area contributed by atoms with Crippen LogP contribution in [0.1, 0.15) is 23.7 Å². The van der Waals surface area contributed by atoms with Crippen molar-refractivity contribution in [3.8, 4) is 22.8 Å². The van der Waals surface area contributed by atoms with Gasteiger partial charge in [0.05, 0.1) is 5.52 Å². The summed E-state index contributed by atoms with van der Waals surface area (Å²) in [5.41, 5.74) is 5.25. The van der Waals surface area contributed by atoms with Gasteiger partial charge in [-0.15, -0.1) is 0 Å². The van der Waals surface area contributed by atoms with Crippen LogP contribution >= 0.6 is 0 Å². The average Bonchev–Trinajstić information content (AvgIpc) is 3.07. The predicted octanol–water partition coefficient (Wildman–Crippen LogP) is 9.19. The molecule has 0 bridgehead atoms. The molecule has 198 valence electrons. The van der Waals surface area contributed by atoms with Gasteiger partial charge in [0.15, 0.2) is 17.5 Å². The number of para-hydroxylation sites is 1. The Kier molecular flexibility index (Phi) is 5.89. The zero-order chi connectivity index (χ0) is 27.9. The SMILES string of the molecule is C1=CC(c2cccc3cccnc23)CC=C1c1nc(-c2ccc3ccccc3c2)nc(-c2ccc3ccccc3c2)n1. The molecule has 1 aliphatic carbocycles. The molecule has 0 radical (unpaired) electrons. The highest BCUT2D eigenvalue weighted by atomic mass is 15.0. The molecule has 0 fully saturated rings. The summed E-state index contributed by atoms with van der Waals surface area (Å²) >= 11 is 0. The Morgan fingerprint density at radius 2 is 1.12 bits per heavy atom. The molecule has 0 N–H and O–H groups in total. The van der Waals surface area contributed by atoms with E-state index >= 15 is 0 Å².